The fourth-order valence-electron chi connectivity index (χ4n) is 8.64. The Morgan fingerprint density at radius 3 is 1.65 bits per heavy atom. The minimum absolute atomic E-state index is 0.551. The van der Waals surface area contributed by atoms with Crippen LogP contribution in [0.3, 0.4) is 0 Å². The zero-order chi connectivity index (χ0) is 35.6. The molecule has 0 amide bonds. The van der Waals surface area contributed by atoms with E-state index in [9.17, 15) is 0 Å². The Balaban J connectivity index is 1.19. The molecule has 1 aliphatic carbocycles. The van der Waals surface area contributed by atoms with Crippen molar-refractivity contribution in [3.8, 4) is 56.2 Å². The molecule has 0 bridgehead atoms. The third-order valence-corrected chi connectivity index (χ3v) is 12.2. The van der Waals surface area contributed by atoms with Crippen LogP contribution in [0.1, 0.15) is 22.3 Å². The largest absolute Gasteiger partial charge is 0.256 e. The lowest BCUT2D eigenvalue weighted by atomic mass is 9.66. The third kappa shape index (κ3) is 4.67. The SMILES string of the molecule is c1ccc(-c2cc(-c3ccc4c(c3)C3(c5cc(-c6cccc7cccnc67)ccc5S4)c4ccccc4-c4ccccc43)nc(-c3ccccc3)n2)cc1. The molecule has 2 aliphatic rings. The Morgan fingerprint density at radius 2 is 0.944 bits per heavy atom. The predicted molar refractivity (Wildman–Crippen MR) is 221 cm³/mol. The van der Waals surface area contributed by atoms with Crippen molar-refractivity contribution in [3.05, 3.63) is 210 Å². The van der Waals surface area contributed by atoms with Gasteiger partial charge in [-0.05, 0) is 75.3 Å². The summed E-state index contributed by atoms with van der Waals surface area (Å²) in [6.07, 6.45) is 1.89. The van der Waals surface area contributed by atoms with Crippen LogP contribution in [0.2, 0.25) is 0 Å². The summed E-state index contributed by atoms with van der Waals surface area (Å²) < 4.78 is 0. The van der Waals surface area contributed by atoms with Crippen LogP contribution in [0.25, 0.3) is 67.1 Å². The number of fused-ring (bicyclic) bond motifs is 10. The van der Waals surface area contributed by atoms with E-state index in [1.165, 1.54) is 43.2 Å². The van der Waals surface area contributed by atoms with Gasteiger partial charge in [0.15, 0.2) is 5.82 Å². The first-order valence-electron chi connectivity index (χ1n) is 18.3. The summed E-state index contributed by atoms with van der Waals surface area (Å²) >= 11 is 1.86. The van der Waals surface area contributed by atoms with E-state index in [0.717, 1.165) is 50.1 Å². The topological polar surface area (TPSA) is 38.7 Å². The average molecular weight is 706 g/mol. The lowest BCUT2D eigenvalue weighted by Gasteiger charge is -2.40. The quantitative estimate of drug-likeness (QED) is 0.183. The van der Waals surface area contributed by atoms with E-state index >= 15 is 0 Å². The van der Waals surface area contributed by atoms with Gasteiger partial charge in [0.1, 0.15) is 0 Å². The van der Waals surface area contributed by atoms with E-state index in [0.29, 0.717) is 5.82 Å². The lowest BCUT2D eigenvalue weighted by molar-refractivity contribution is 0.723. The predicted octanol–water partition coefficient (Wildman–Crippen LogP) is 12.5. The summed E-state index contributed by atoms with van der Waals surface area (Å²) in [5.74, 6) is 0.712. The molecule has 0 unspecified atom stereocenters. The molecule has 0 saturated carbocycles. The molecule has 0 fully saturated rings. The molecule has 2 aromatic heterocycles. The van der Waals surface area contributed by atoms with Crippen molar-refractivity contribution < 1.29 is 0 Å². The fourth-order valence-corrected chi connectivity index (χ4v) is 9.79. The number of nitrogens with zero attached hydrogens (tertiary/aromatic N) is 3. The summed E-state index contributed by atoms with van der Waals surface area (Å²) in [7, 11) is 0. The summed E-state index contributed by atoms with van der Waals surface area (Å²) in [6.45, 7) is 0. The van der Waals surface area contributed by atoms with Gasteiger partial charge in [-0.1, -0.05) is 157 Å². The summed E-state index contributed by atoms with van der Waals surface area (Å²) in [5, 5.41) is 1.14. The number of hydrogen-bond donors (Lipinski definition) is 0. The molecule has 1 spiro atoms. The fraction of sp³-hybridized carbons (Fsp3) is 0.0200. The van der Waals surface area contributed by atoms with E-state index < -0.39 is 5.41 Å². The van der Waals surface area contributed by atoms with Crippen molar-refractivity contribution in [1.29, 1.82) is 0 Å². The van der Waals surface area contributed by atoms with Crippen molar-refractivity contribution in [2.24, 2.45) is 0 Å². The van der Waals surface area contributed by atoms with Crippen LogP contribution in [0.15, 0.2) is 198 Å². The minimum atomic E-state index is -0.551. The molecule has 11 rings (SSSR count). The number of hydrogen-bond acceptors (Lipinski definition) is 4. The van der Waals surface area contributed by atoms with Crippen molar-refractivity contribution in [2.75, 3.05) is 0 Å². The first-order chi connectivity index (χ1) is 26.8. The molecule has 9 aromatic rings. The van der Waals surface area contributed by atoms with E-state index in [2.05, 4.69) is 152 Å². The van der Waals surface area contributed by atoms with Gasteiger partial charge in [0.2, 0.25) is 0 Å². The van der Waals surface area contributed by atoms with E-state index in [1.54, 1.807) is 0 Å². The maximum Gasteiger partial charge on any atom is 0.160 e. The lowest BCUT2D eigenvalue weighted by Crippen LogP contribution is -2.32. The van der Waals surface area contributed by atoms with E-state index in [4.69, 9.17) is 15.0 Å². The molecular weight excluding hydrogens is 675 g/mol. The highest BCUT2D eigenvalue weighted by molar-refractivity contribution is 7.99. The van der Waals surface area contributed by atoms with E-state index in [-0.39, 0.29) is 0 Å². The Kier molecular flexibility index (Phi) is 7.01. The summed E-state index contributed by atoms with van der Waals surface area (Å²) in [6, 6.07) is 65.4. The highest BCUT2D eigenvalue weighted by atomic mass is 32.2. The normalized spacial score (nSPS) is 13.3. The molecule has 3 nitrogen and oxygen atoms in total. The highest BCUT2D eigenvalue weighted by Gasteiger charge is 2.50. The second-order valence-electron chi connectivity index (χ2n) is 13.9. The Labute approximate surface area is 318 Å². The van der Waals surface area contributed by atoms with Crippen LogP contribution >= 0.6 is 11.8 Å². The number of para-hydroxylation sites is 1. The zero-order valence-electron chi connectivity index (χ0n) is 29.1. The number of aromatic nitrogens is 3. The summed E-state index contributed by atoms with van der Waals surface area (Å²) in [5.41, 5.74) is 15.4. The standard InChI is InChI=1S/C50H31N3S/c1-3-13-32(14-4-1)44-31-45(53-49(52-44)34-15-5-2-6-16-34)36-25-27-47-43(30-36)50(40-22-9-7-19-38(40)39-20-8-10-23-41(39)50)42-29-35(24-26-46(42)54-47)37-21-11-17-33-18-12-28-51-48(33)37/h1-31H. The van der Waals surface area contributed by atoms with Crippen LogP contribution in [0.4, 0.5) is 0 Å². The van der Waals surface area contributed by atoms with Gasteiger partial charge in [0.05, 0.1) is 22.3 Å². The van der Waals surface area contributed by atoms with Crippen molar-refractivity contribution >= 4 is 22.7 Å². The molecule has 0 radical (unpaired) electrons. The van der Waals surface area contributed by atoms with Gasteiger partial charge in [-0.2, -0.15) is 0 Å². The van der Waals surface area contributed by atoms with Gasteiger partial charge in [-0.15, -0.1) is 0 Å². The van der Waals surface area contributed by atoms with Gasteiger partial charge in [0.25, 0.3) is 0 Å². The zero-order valence-corrected chi connectivity index (χ0v) is 30.0. The molecule has 252 valence electrons. The second-order valence-corrected chi connectivity index (χ2v) is 15.0. The Morgan fingerprint density at radius 1 is 0.389 bits per heavy atom. The van der Waals surface area contributed by atoms with Crippen LogP contribution in [0, 0.1) is 0 Å². The van der Waals surface area contributed by atoms with Crippen LogP contribution in [-0.4, -0.2) is 15.0 Å². The molecule has 0 atom stereocenters. The molecule has 4 heteroatoms. The number of benzene rings is 7. The molecule has 0 N–H and O–H groups in total. The Bertz CT molecular complexity index is 2810. The molecule has 7 aromatic carbocycles. The third-order valence-electron chi connectivity index (χ3n) is 11.0. The second kappa shape index (κ2) is 12.2. The average Bonchev–Trinajstić information content (AvgIpc) is 3.54. The van der Waals surface area contributed by atoms with Crippen molar-refractivity contribution in [1.82, 2.24) is 15.0 Å². The monoisotopic (exact) mass is 705 g/mol. The van der Waals surface area contributed by atoms with Crippen LogP contribution in [-0.2, 0) is 5.41 Å². The highest BCUT2D eigenvalue weighted by Crippen LogP contribution is 2.62. The van der Waals surface area contributed by atoms with Gasteiger partial charge in [-0.25, -0.2) is 9.97 Å². The Hall–Kier alpha value is -6.62. The maximum atomic E-state index is 5.25. The van der Waals surface area contributed by atoms with Crippen molar-refractivity contribution in [2.45, 2.75) is 15.2 Å². The van der Waals surface area contributed by atoms with Gasteiger partial charge in [0, 0.05) is 43.6 Å². The number of rotatable bonds is 4. The smallest absolute Gasteiger partial charge is 0.160 e. The van der Waals surface area contributed by atoms with Crippen LogP contribution < -0.4 is 0 Å². The van der Waals surface area contributed by atoms with E-state index in [1.807, 2.05) is 48.3 Å². The molecule has 1 aliphatic heterocycles. The molecule has 0 saturated heterocycles. The first kappa shape index (κ1) is 31.0. The van der Waals surface area contributed by atoms with Crippen molar-refractivity contribution in [3.63, 3.8) is 0 Å². The maximum absolute atomic E-state index is 5.25. The first-order valence-corrected chi connectivity index (χ1v) is 19.1. The van der Waals surface area contributed by atoms with Gasteiger partial charge in [-0.3, -0.25) is 4.98 Å². The number of pyridine rings is 1. The summed E-state index contributed by atoms with van der Waals surface area (Å²) in [4.78, 5) is 17.7. The molecule has 54 heavy (non-hydrogen) atoms. The minimum Gasteiger partial charge on any atom is -0.256 e. The molecular formula is C50H31N3S. The van der Waals surface area contributed by atoms with Gasteiger partial charge >= 0.3 is 0 Å². The van der Waals surface area contributed by atoms with Gasteiger partial charge < -0.3 is 0 Å². The van der Waals surface area contributed by atoms with Crippen LogP contribution in [0.5, 0.6) is 0 Å². The molecule has 3 heterocycles.